The quantitative estimate of drug-likeness (QED) is 0.517. The highest BCUT2D eigenvalue weighted by Crippen LogP contribution is 2.20. The summed E-state index contributed by atoms with van der Waals surface area (Å²) in [6, 6.07) is -2.15. The lowest BCUT2D eigenvalue weighted by Crippen LogP contribution is -2.48. The molecule has 0 aromatic rings. The third-order valence-corrected chi connectivity index (χ3v) is 2.71. The second-order valence-corrected chi connectivity index (χ2v) is 4.61. The van der Waals surface area contributed by atoms with Crippen molar-refractivity contribution in [2.24, 2.45) is 0 Å². The van der Waals surface area contributed by atoms with Gasteiger partial charge in [0.05, 0.1) is 18.6 Å². The van der Waals surface area contributed by atoms with Gasteiger partial charge in [0.25, 0.3) is 0 Å². The first-order valence-corrected chi connectivity index (χ1v) is 5.44. The fraction of sp³-hybridized carbons (Fsp3) is 0.700. The van der Waals surface area contributed by atoms with Gasteiger partial charge in [-0.05, 0) is 13.3 Å². The minimum atomic E-state index is -1.47. The monoisotopic (exact) mass is 260 g/mol. The highest BCUT2D eigenvalue weighted by molar-refractivity contribution is 5.86. The number of carboxylic acids is 2. The summed E-state index contributed by atoms with van der Waals surface area (Å²) in [6.07, 6.45) is -0.289. The molecule has 8 nitrogen and oxygen atoms in total. The van der Waals surface area contributed by atoms with Crippen LogP contribution < -0.4 is 5.32 Å². The third-order valence-electron chi connectivity index (χ3n) is 2.71. The van der Waals surface area contributed by atoms with Gasteiger partial charge in [-0.2, -0.15) is 0 Å². The van der Waals surface area contributed by atoms with E-state index in [0.29, 0.717) is 13.0 Å². The summed E-state index contributed by atoms with van der Waals surface area (Å²) in [7, 11) is 0. The summed E-state index contributed by atoms with van der Waals surface area (Å²) in [5.41, 5.74) is -0.983. The molecule has 1 rings (SSSR count). The second-order valence-electron chi connectivity index (χ2n) is 4.61. The van der Waals surface area contributed by atoms with E-state index in [4.69, 9.17) is 10.2 Å². The number of β-amino-alcohol motifs (C(OH)–C–C–N with tert-alkyl or cyclic N) is 1. The number of aliphatic hydroxyl groups is 1. The highest BCUT2D eigenvalue weighted by Gasteiger charge is 2.35. The van der Waals surface area contributed by atoms with Crippen LogP contribution in [-0.2, 0) is 9.59 Å². The molecule has 2 atom stereocenters. The molecule has 2 amide bonds. The lowest BCUT2D eigenvalue weighted by atomic mass is 10.1. The van der Waals surface area contributed by atoms with Crippen LogP contribution in [0.3, 0.4) is 0 Å². The Labute approximate surface area is 103 Å². The Hall–Kier alpha value is -1.83. The number of urea groups is 1. The SMILES string of the molecule is CC1(O)CCN(C(=O)N[C@@H](CC(=O)O)C(=O)O)C1. The number of hydrogen-bond donors (Lipinski definition) is 4. The van der Waals surface area contributed by atoms with Crippen LogP contribution in [-0.4, -0.2) is 62.9 Å². The first kappa shape index (κ1) is 14.2. The standard InChI is InChI=1S/C10H16N2O6/c1-10(18)2-3-12(5-10)9(17)11-6(8(15)16)4-7(13)14/h6,18H,2-5H2,1H3,(H,11,17)(H,13,14)(H,15,16)/t6-,10?/m0/s1. The lowest BCUT2D eigenvalue weighted by molar-refractivity contribution is -0.145. The molecule has 8 heteroatoms. The molecule has 0 radical (unpaired) electrons. The predicted molar refractivity (Wildman–Crippen MR) is 59.0 cm³/mol. The molecular formula is C10H16N2O6. The van der Waals surface area contributed by atoms with Crippen LogP contribution in [0.1, 0.15) is 19.8 Å². The number of aliphatic carboxylic acids is 2. The number of carboxylic acid groups (broad SMARTS) is 2. The molecule has 0 bridgehead atoms. The Kier molecular flexibility index (Phi) is 4.12. The molecule has 1 fully saturated rings. The molecule has 0 spiro atoms. The molecule has 1 saturated heterocycles. The van der Waals surface area contributed by atoms with E-state index in [1.807, 2.05) is 0 Å². The zero-order valence-electron chi connectivity index (χ0n) is 9.92. The number of hydrogen-bond acceptors (Lipinski definition) is 4. The first-order valence-electron chi connectivity index (χ1n) is 5.44. The van der Waals surface area contributed by atoms with Gasteiger partial charge in [0, 0.05) is 6.54 Å². The van der Waals surface area contributed by atoms with E-state index < -0.39 is 36.0 Å². The topological polar surface area (TPSA) is 127 Å². The molecule has 0 aromatic carbocycles. The van der Waals surface area contributed by atoms with E-state index in [-0.39, 0.29) is 6.54 Å². The van der Waals surface area contributed by atoms with E-state index in [0.717, 1.165) is 0 Å². The number of carbonyl (C=O) groups is 3. The van der Waals surface area contributed by atoms with Gasteiger partial charge < -0.3 is 25.5 Å². The summed E-state index contributed by atoms with van der Waals surface area (Å²) in [6.45, 7) is 1.97. The molecule has 1 heterocycles. The van der Waals surface area contributed by atoms with Gasteiger partial charge in [0.15, 0.2) is 0 Å². The zero-order chi connectivity index (χ0) is 13.9. The molecule has 1 aliphatic rings. The predicted octanol–water partition coefficient (Wildman–Crippen LogP) is -0.919. The van der Waals surface area contributed by atoms with Gasteiger partial charge in [-0.25, -0.2) is 9.59 Å². The van der Waals surface area contributed by atoms with Crippen LogP contribution in [0.5, 0.6) is 0 Å². The maximum absolute atomic E-state index is 11.7. The minimum Gasteiger partial charge on any atom is -0.481 e. The van der Waals surface area contributed by atoms with Crippen molar-refractivity contribution in [1.82, 2.24) is 10.2 Å². The summed E-state index contributed by atoms with van der Waals surface area (Å²) in [5.74, 6) is -2.71. The van der Waals surface area contributed by atoms with Crippen molar-refractivity contribution in [2.45, 2.75) is 31.4 Å². The fourth-order valence-electron chi connectivity index (χ4n) is 1.73. The Balaban J connectivity index is 2.57. The Bertz CT molecular complexity index is 367. The van der Waals surface area contributed by atoms with Gasteiger partial charge in [0.2, 0.25) is 0 Å². The van der Waals surface area contributed by atoms with E-state index in [1.54, 1.807) is 6.92 Å². The van der Waals surface area contributed by atoms with Crippen molar-refractivity contribution < 1.29 is 29.7 Å². The number of rotatable bonds is 4. The molecule has 1 aliphatic heterocycles. The molecule has 4 N–H and O–H groups in total. The number of nitrogens with one attached hydrogen (secondary N) is 1. The molecule has 1 unspecified atom stereocenters. The smallest absolute Gasteiger partial charge is 0.326 e. The molecule has 0 aliphatic carbocycles. The minimum absolute atomic E-state index is 0.0955. The van der Waals surface area contributed by atoms with Crippen molar-refractivity contribution in [1.29, 1.82) is 0 Å². The average Bonchev–Trinajstić information content (AvgIpc) is 2.57. The van der Waals surface area contributed by atoms with Gasteiger partial charge in [-0.1, -0.05) is 0 Å². The molecule has 0 aromatic heterocycles. The fourth-order valence-corrected chi connectivity index (χ4v) is 1.73. The summed E-state index contributed by atoms with van der Waals surface area (Å²) >= 11 is 0. The van der Waals surface area contributed by atoms with Crippen LogP contribution in [0.2, 0.25) is 0 Å². The van der Waals surface area contributed by atoms with Crippen molar-refractivity contribution >= 4 is 18.0 Å². The maximum Gasteiger partial charge on any atom is 0.326 e. The van der Waals surface area contributed by atoms with Crippen molar-refractivity contribution in [3.63, 3.8) is 0 Å². The van der Waals surface area contributed by atoms with Gasteiger partial charge >= 0.3 is 18.0 Å². The number of amides is 2. The average molecular weight is 260 g/mol. The van der Waals surface area contributed by atoms with Gasteiger partial charge in [-0.15, -0.1) is 0 Å². The molecular weight excluding hydrogens is 244 g/mol. The van der Waals surface area contributed by atoms with Crippen LogP contribution in [0.4, 0.5) is 4.79 Å². The zero-order valence-corrected chi connectivity index (χ0v) is 9.92. The van der Waals surface area contributed by atoms with Crippen LogP contribution in [0, 0.1) is 0 Å². The summed E-state index contributed by atoms with van der Waals surface area (Å²) < 4.78 is 0. The third kappa shape index (κ3) is 3.88. The van der Waals surface area contributed by atoms with Crippen molar-refractivity contribution in [3.8, 4) is 0 Å². The summed E-state index contributed by atoms with van der Waals surface area (Å²) in [5, 5.41) is 29.1. The van der Waals surface area contributed by atoms with Crippen molar-refractivity contribution in [2.75, 3.05) is 13.1 Å². The van der Waals surface area contributed by atoms with E-state index in [2.05, 4.69) is 5.32 Å². The largest absolute Gasteiger partial charge is 0.481 e. The number of carbonyl (C=O) groups excluding carboxylic acids is 1. The maximum atomic E-state index is 11.7. The number of nitrogens with zero attached hydrogens (tertiary/aromatic N) is 1. The van der Waals surface area contributed by atoms with Gasteiger partial charge in [0.1, 0.15) is 6.04 Å². The lowest BCUT2D eigenvalue weighted by Gasteiger charge is -2.21. The summed E-state index contributed by atoms with van der Waals surface area (Å²) in [4.78, 5) is 34.2. The molecule has 102 valence electrons. The Morgan fingerprint density at radius 2 is 2.00 bits per heavy atom. The van der Waals surface area contributed by atoms with Crippen LogP contribution >= 0.6 is 0 Å². The highest BCUT2D eigenvalue weighted by atomic mass is 16.4. The van der Waals surface area contributed by atoms with E-state index in [9.17, 15) is 19.5 Å². The number of likely N-dealkylation sites (tertiary alicyclic amines) is 1. The van der Waals surface area contributed by atoms with Crippen LogP contribution in [0.15, 0.2) is 0 Å². The molecule has 0 saturated carbocycles. The normalized spacial score (nSPS) is 24.7. The van der Waals surface area contributed by atoms with Crippen LogP contribution in [0.25, 0.3) is 0 Å². The van der Waals surface area contributed by atoms with E-state index >= 15 is 0 Å². The first-order chi connectivity index (χ1) is 8.21. The Morgan fingerprint density at radius 3 is 2.39 bits per heavy atom. The van der Waals surface area contributed by atoms with Gasteiger partial charge in [-0.3, -0.25) is 4.79 Å². The van der Waals surface area contributed by atoms with Crippen molar-refractivity contribution in [3.05, 3.63) is 0 Å². The Morgan fingerprint density at radius 1 is 1.39 bits per heavy atom. The molecule has 18 heavy (non-hydrogen) atoms. The second kappa shape index (κ2) is 5.21. The van der Waals surface area contributed by atoms with E-state index in [1.165, 1.54) is 4.90 Å².